The molecule has 0 fully saturated rings. The number of nitrogen functional groups attached to an aromatic ring is 1. The van der Waals surface area contributed by atoms with Crippen molar-refractivity contribution in [2.75, 3.05) is 5.73 Å². The number of rotatable bonds is 1. The number of nitrogens with two attached hydrogens (primary N) is 1. The second kappa shape index (κ2) is 5.71. The van der Waals surface area contributed by atoms with Gasteiger partial charge in [-0.05, 0) is 0 Å². The fourth-order valence-electron chi connectivity index (χ4n) is 1.73. The van der Waals surface area contributed by atoms with Gasteiger partial charge in [0.15, 0.2) is 5.65 Å². The second-order valence-corrected chi connectivity index (χ2v) is 3.52. The lowest BCUT2D eigenvalue weighted by Crippen LogP contribution is -1.93. The number of fused-ring (bicyclic) bond motifs is 1. The molecule has 0 saturated heterocycles. The van der Waals surface area contributed by atoms with Gasteiger partial charge in [-0.25, -0.2) is 4.98 Å². The molecule has 0 aliphatic rings. The highest BCUT2D eigenvalue weighted by Gasteiger charge is 2.09. The molecular weight excluding hydrogens is 271 g/mol. The number of halogens is 2. The van der Waals surface area contributed by atoms with Crippen molar-refractivity contribution in [1.29, 1.82) is 0 Å². The highest BCUT2D eigenvalue weighted by molar-refractivity contribution is 5.85. The van der Waals surface area contributed by atoms with E-state index in [2.05, 4.69) is 9.97 Å². The molecule has 18 heavy (non-hydrogen) atoms. The maximum Gasteiger partial charge on any atom is 0.157 e. The molecule has 1 aromatic carbocycles. The SMILES string of the molecule is Cl.Cl.Nc1c(-c2ccccc2)nc2cnccn12. The second-order valence-electron chi connectivity index (χ2n) is 3.52. The minimum Gasteiger partial charge on any atom is -0.383 e. The summed E-state index contributed by atoms with van der Waals surface area (Å²) in [6.45, 7) is 0. The van der Waals surface area contributed by atoms with Crippen LogP contribution < -0.4 is 5.73 Å². The smallest absolute Gasteiger partial charge is 0.157 e. The van der Waals surface area contributed by atoms with Crippen LogP contribution in [0.25, 0.3) is 16.9 Å². The number of benzene rings is 1. The van der Waals surface area contributed by atoms with E-state index in [1.54, 1.807) is 12.4 Å². The molecule has 3 rings (SSSR count). The lowest BCUT2D eigenvalue weighted by molar-refractivity contribution is 1.13. The van der Waals surface area contributed by atoms with Crippen LogP contribution in [-0.2, 0) is 0 Å². The number of nitrogens with zero attached hydrogens (tertiary/aromatic N) is 3. The molecule has 94 valence electrons. The molecule has 2 aromatic heterocycles. The molecule has 0 spiro atoms. The van der Waals surface area contributed by atoms with Gasteiger partial charge in [0.2, 0.25) is 0 Å². The minimum absolute atomic E-state index is 0. The maximum atomic E-state index is 6.04. The van der Waals surface area contributed by atoms with Gasteiger partial charge in [-0.15, -0.1) is 24.8 Å². The Labute approximate surface area is 117 Å². The van der Waals surface area contributed by atoms with Gasteiger partial charge >= 0.3 is 0 Å². The number of aromatic nitrogens is 3. The summed E-state index contributed by atoms with van der Waals surface area (Å²) in [5, 5.41) is 0. The zero-order chi connectivity index (χ0) is 11.0. The normalized spacial score (nSPS) is 9.56. The molecule has 0 radical (unpaired) electrons. The Hall–Kier alpha value is -1.78. The van der Waals surface area contributed by atoms with Crippen molar-refractivity contribution in [2.24, 2.45) is 0 Å². The first-order chi connectivity index (χ1) is 7.86. The van der Waals surface area contributed by atoms with Crippen LogP contribution in [0.2, 0.25) is 0 Å². The van der Waals surface area contributed by atoms with E-state index in [1.165, 1.54) is 0 Å². The molecule has 2 N–H and O–H groups in total. The van der Waals surface area contributed by atoms with Crippen molar-refractivity contribution in [3.8, 4) is 11.3 Å². The van der Waals surface area contributed by atoms with Gasteiger partial charge in [-0.3, -0.25) is 9.38 Å². The summed E-state index contributed by atoms with van der Waals surface area (Å²) in [5.41, 5.74) is 8.62. The molecule has 0 atom stereocenters. The third-order valence-electron chi connectivity index (χ3n) is 2.51. The van der Waals surface area contributed by atoms with Gasteiger partial charge in [0.25, 0.3) is 0 Å². The molecule has 0 aliphatic heterocycles. The standard InChI is InChI=1S/C12H10N4.2ClH/c13-12-11(9-4-2-1-3-5-9)15-10-8-14-6-7-16(10)12;;/h1-8H,13H2;2*1H. The van der Waals surface area contributed by atoms with E-state index in [1.807, 2.05) is 40.9 Å². The number of hydrogen-bond acceptors (Lipinski definition) is 3. The zero-order valence-corrected chi connectivity index (χ0v) is 11.0. The fourth-order valence-corrected chi connectivity index (χ4v) is 1.73. The highest BCUT2D eigenvalue weighted by atomic mass is 35.5. The van der Waals surface area contributed by atoms with Gasteiger partial charge < -0.3 is 5.73 Å². The molecule has 0 bridgehead atoms. The molecule has 3 aromatic rings. The van der Waals surface area contributed by atoms with Crippen LogP contribution in [0.4, 0.5) is 5.82 Å². The van der Waals surface area contributed by atoms with Crippen molar-refractivity contribution in [3.63, 3.8) is 0 Å². The van der Waals surface area contributed by atoms with Crippen molar-refractivity contribution in [3.05, 3.63) is 48.9 Å². The van der Waals surface area contributed by atoms with Gasteiger partial charge in [0.1, 0.15) is 11.5 Å². The molecule has 0 amide bonds. The molecule has 4 nitrogen and oxygen atoms in total. The Bertz CT molecular complexity index is 637. The van der Waals surface area contributed by atoms with E-state index in [0.717, 1.165) is 16.9 Å². The maximum absolute atomic E-state index is 6.04. The van der Waals surface area contributed by atoms with Gasteiger partial charge in [0, 0.05) is 18.0 Å². The van der Waals surface area contributed by atoms with Gasteiger partial charge in [-0.2, -0.15) is 0 Å². The van der Waals surface area contributed by atoms with Crippen LogP contribution in [0.15, 0.2) is 48.9 Å². The zero-order valence-electron chi connectivity index (χ0n) is 9.35. The summed E-state index contributed by atoms with van der Waals surface area (Å²) in [6, 6.07) is 9.89. The Morgan fingerprint density at radius 3 is 2.44 bits per heavy atom. The van der Waals surface area contributed by atoms with Crippen LogP contribution in [0.3, 0.4) is 0 Å². The van der Waals surface area contributed by atoms with Gasteiger partial charge in [0.05, 0.1) is 6.20 Å². The van der Waals surface area contributed by atoms with Crippen LogP contribution in [0.1, 0.15) is 0 Å². The van der Waals surface area contributed by atoms with E-state index >= 15 is 0 Å². The number of imidazole rings is 1. The Morgan fingerprint density at radius 1 is 1.06 bits per heavy atom. The first-order valence-electron chi connectivity index (χ1n) is 4.99. The average Bonchev–Trinajstić information content (AvgIpc) is 2.69. The number of hydrogen-bond donors (Lipinski definition) is 1. The van der Waals surface area contributed by atoms with Gasteiger partial charge in [-0.1, -0.05) is 30.3 Å². The van der Waals surface area contributed by atoms with Crippen LogP contribution in [0, 0.1) is 0 Å². The molecule has 2 heterocycles. The summed E-state index contributed by atoms with van der Waals surface area (Å²) in [4.78, 5) is 8.48. The summed E-state index contributed by atoms with van der Waals surface area (Å²) in [6.07, 6.45) is 5.20. The fraction of sp³-hybridized carbons (Fsp3) is 0. The number of anilines is 1. The predicted molar refractivity (Wildman–Crippen MR) is 77.3 cm³/mol. The highest BCUT2D eigenvalue weighted by Crippen LogP contribution is 2.25. The van der Waals surface area contributed by atoms with Crippen LogP contribution in [-0.4, -0.2) is 14.4 Å². The third-order valence-corrected chi connectivity index (χ3v) is 2.51. The molecule has 0 aliphatic carbocycles. The molecular formula is C12H12Cl2N4. The monoisotopic (exact) mass is 282 g/mol. The lowest BCUT2D eigenvalue weighted by Gasteiger charge is -1.97. The lowest BCUT2D eigenvalue weighted by atomic mass is 10.1. The Kier molecular flexibility index (Phi) is 4.53. The van der Waals surface area contributed by atoms with Crippen LogP contribution >= 0.6 is 24.8 Å². The largest absolute Gasteiger partial charge is 0.383 e. The van der Waals surface area contributed by atoms with Crippen LogP contribution in [0.5, 0.6) is 0 Å². The van der Waals surface area contributed by atoms with Crippen molar-refractivity contribution >= 4 is 36.3 Å². The first-order valence-corrected chi connectivity index (χ1v) is 4.99. The predicted octanol–water partition coefficient (Wildman–Crippen LogP) is 2.82. The van der Waals surface area contributed by atoms with Crippen molar-refractivity contribution < 1.29 is 0 Å². The summed E-state index contributed by atoms with van der Waals surface area (Å²) in [5.74, 6) is 0.642. The van der Waals surface area contributed by atoms with Crippen molar-refractivity contribution in [2.45, 2.75) is 0 Å². The van der Waals surface area contributed by atoms with E-state index in [9.17, 15) is 0 Å². The Balaban J connectivity index is 0.000000810. The van der Waals surface area contributed by atoms with E-state index in [4.69, 9.17) is 5.73 Å². The summed E-state index contributed by atoms with van der Waals surface area (Å²) in [7, 11) is 0. The average molecular weight is 283 g/mol. The topological polar surface area (TPSA) is 56.2 Å². The molecule has 0 unspecified atom stereocenters. The van der Waals surface area contributed by atoms with Crippen molar-refractivity contribution in [1.82, 2.24) is 14.4 Å². The summed E-state index contributed by atoms with van der Waals surface area (Å²) >= 11 is 0. The molecule has 6 heteroatoms. The Morgan fingerprint density at radius 2 is 1.78 bits per heavy atom. The van der Waals surface area contributed by atoms with E-state index < -0.39 is 0 Å². The van der Waals surface area contributed by atoms with E-state index in [0.29, 0.717) is 5.82 Å². The quantitative estimate of drug-likeness (QED) is 0.747. The third kappa shape index (κ3) is 2.25. The molecule has 0 saturated carbocycles. The summed E-state index contributed by atoms with van der Waals surface area (Å²) < 4.78 is 1.83. The minimum atomic E-state index is 0. The first kappa shape index (κ1) is 14.3. The van der Waals surface area contributed by atoms with E-state index in [-0.39, 0.29) is 24.8 Å².